The van der Waals surface area contributed by atoms with E-state index in [4.69, 9.17) is 57.8 Å². The number of aromatic nitrogens is 8. The summed E-state index contributed by atoms with van der Waals surface area (Å²) in [5.74, 6) is 4.05. The number of ether oxygens (including phenoxy) is 8. The molecule has 12 aromatic rings. The first-order chi connectivity index (χ1) is 68.2. The van der Waals surface area contributed by atoms with Crippen molar-refractivity contribution in [1.29, 1.82) is 0 Å². The van der Waals surface area contributed by atoms with Crippen molar-refractivity contribution in [2.45, 2.75) is 259 Å². The number of imidazole rings is 4. The molecule has 4 fully saturated rings. The van der Waals surface area contributed by atoms with Gasteiger partial charge in [-0.05, 0) is 205 Å². The zero-order valence-corrected chi connectivity index (χ0v) is 85.3. The molecule has 29 nitrogen and oxygen atoms in total. The van der Waals surface area contributed by atoms with Crippen molar-refractivity contribution < 1.29 is 61.9 Å². The number of fused-ring (bicyclic) bond motifs is 12. The highest BCUT2D eigenvalue weighted by Crippen LogP contribution is 2.43. The topological polar surface area (TPSA) is 265 Å². The van der Waals surface area contributed by atoms with Crippen LogP contribution < -0.4 is 24.9 Å². The summed E-state index contributed by atoms with van der Waals surface area (Å²) in [5, 5.41) is 3.26. The van der Waals surface area contributed by atoms with Crippen LogP contribution in [0, 0.1) is 0 Å². The summed E-state index contributed by atoms with van der Waals surface area (Å²) in [4.78, 5) is 96.4. The molecular formula is C112H144N16O13. The Morgan fingerprint density at radius 2 is 0.539 bits per heavy atom. The van der Waals surface area contributed by atoms with E-state index in [2.05, 4.69) is 231 Å². The molecular weight excluding hydrogens is 1780 g/mol. The van der Waals surface area contributed by atoms with Crippen LogP contribution in [0.4, 0.5) is 41.9 Å². The quantitative estimate of drug-likeness (QED) is 0.0582. The lowest BCUT2D eigenvalue weighted by Gasteiger charge is -2.35. The van der Waals surface area contributed by atoms with Gasteiger partial charge in [-0.25, -0.2) is 39.1 Å². The summed E-state index contributed by atoms with van der Waals surface area (Å²) in [6, 6.07) is 58.6. The summed E-state index contributed by atoms with van der Waals surface area (Å²) >= 11 is 0. The summed E-state index contributed by atoms with van der Waals surface area (Å²) in [6.45, 7) is 38.8. The number of aryl methyl sites for hydroxylation is 4. The van der Waals surface area contributed by atoms with Gasteiger partial charge in [-0.2, -0.15) is 0 Å². The van der Waals surface area contributed by atoms with Crippen molar-refractivity contribution in [2.75, 3.05) is 120 Å². The summed E-state index contributed by atoms with van der Waals surface area (Å²) in [5.41, 5.74) is 21.2. The SMILES string of the molecule is CC1CNCC(C)O1.COC(=O)N1c2ccc3c(nc(Cc4ccccc4)n3CC=O)c2CC[C@@H]1C.COC(=O)N1c2ccc3c(nc(Cc4ccccc4)n3CCN3C[C@@H](C)O[C@@H](C)C3)c2CC[C@@H]1C.COC(=O)N1c2ccc3c(nc(Cc4ccccc4)n3CCN3C[C@@H](C)O[C@H](C)C3)c2CC[C@@H]1C.COC(=O)N1c2ccc3c(nc(Cc4ccccc4)n3CCN3C[C@H](C)O[C@@H](C)C3)c2CC[C@@H]1C. The number of amides is 4. The van der Waals surface area contributed by atoms with Crippen LogP contribution >= 0.6 is 0 Å². The van der Waals surface area contributed by atoms with E-state index in [-0.39, 0.29) is 91.7 Å². The third-order valence-corrected chi connectivity index (χ3v) is 28.7. The van der Waals surface area contributed by atoms with Crippen LogP contribution in [0.25, 0.3) is 44.1 Å². The molecule has 2 unspecified atom stereocenters. The fourth-order valence-corrected chi connectivity index (χ4v) is 22.2. The fraction of sp³-hybridized carbons (Fsp3) is 0.491. The van der Waals surface area contributed by atoms with Crippen LogP contribution in [-0.2, 0) is 120 Å². The van der Waals surface area contributed by atoms with Crippen molar-refractivity contribution in [3.05, 3.63) is 238 Å². The number of carbonyl (C=O) groups excluding carboxylic acids is 5. The summed E-state index contributed by atoms with van der Waals surface area (Å²) in [7, 11) is 5.74. The number of hydrogen-bond donors (Lipinski definition) is 1. The van der Waals surface area contributed by atoms with Crippen LogP contribution in [-0.4, -0.2) is 257 Å². The Morgan fingerprint density at radius 1 is 0.312 bits per heavy atom. The molecule has 20 rings (SSSR count). The molecule has 8 aliphatic rings. The molecule has 0 bridgehead atoms. The van der Waals surface area contributed by atoms with Crippen molar-refractivity contribution >= 4 is 97.5 Å². The van der Waals surface area contributed by atoms with E-state index in [1.165, 1.54) is 45.1 Å². The van der Waals surface area contributed by atoms with E-state index >= 15 is 0 Å². The van der Waals surface area contributed by atoms with Gasteiger partial charge in [-0.15, -0.1) is 0 Å². The van der Waals surface area contributed by atoms with Crippen molar-refractivity contribution in [3.8, 4) is 0 Å². The third-order valence-electron chi connectivity index (χ3n) is 28.7. The second-order valence-electron chi connectivity index (χ2n) is 39.6. The lowest BCUT2D eigenvalue weighted by atomic mass is 9.96. The number of nitrogens with one attached hydrogen (secondary N) is 1. The minimum Gasteiger partial charge on any atom is -0.452 e. The molecule has 0 saturated carbocycles. The third kappa shape index (κ3) is 23.9. The molecule has 12 atom stereocenters. The Bertz CT molecular complexity index is 5790. The first-order valence-corrected chi connectivity index (χ1v) is 50.9. The zero-order chi connectivity index (χ0) is 99.2. The van der Waals surface area contributed by atoms with Crippen LogP contribution in [0.5, 0.6) is 0 Å². The second-order valence-corrected chi connectivity index (χ2v) is 39.6. The molecule has 8 aliphatic heterocycles. The van der Waals surface area contributed by atoms with E-state index in [9.17, 15) is 24.0 Å². The molecule has 4 aromatic heterocycles. The van der Waals surface area contributed by atoms with Gasteiger partial charge in [0, 0.05) is 164 Å². The molecule has 12 heterocycles. The van der Waals surface area contributed by atoms with Gasteiger partial charge in [0.1, 0.15) is 29.6 Å². The van der Waals surface area contributed by atoms with Gasteiger partial charge in [0.25, 0.3) is 0 Å². The van der Waals surface area contributed by atoms with Crippen molar-refractivity contribution in [1.82, 2.24) is 58.2 Å². The first-order valence-electron chi connectivity index (χ1n) is 50.9. The average Bonchev–Trinajstić information content (AvgIpc) is 1.63. The maximum absolute atomic E-state index is 12.6. The van der Waals surface area contributed by atoms with Gasteiger partial charge < -0.3 is 66.3 Å². The van der Waals surface area contributed by atoms with Crippen molar-refractivity contribution in [3.63, 3.8) is 0 Å². The normalized spacial score (nSPS) is 22.5. The van der Waals surface area contributed by atoms with Crippen molar-refractivity contribution in [2.24, 2.45) is 0 Å². The van der Waals surface area contributed by atoms with Gasteiger partial charge >= 0.3 is 24.4 Å². The van der Waals surface area contributed by atoms with Crippen LogP contribution in [0.1, 0.15) is 177 Å². The van der Waals surface area contributed by atoms with Gasteiger partial charge in [0.05, 0.1) is 151 Å². The highest BCUT2D eigenvalue weighted by Gasteiger charge is 2.38. The number of carbonyl (C=O) groups is 5. The average molecular weight is 1920 g/mol. The van der Waals surface area contributed by atoms with Gasteiger partial charge in [-0.3, -0.25) is 34.3 Å². The molecule has 4 amide bonds. The second kappa shape index (κ2) is 46.9. The number of rotatable bonds is 19. The standard InChI is InChI=1S/3C28H36N4O3.C22H23N3O3.C6H13NO/c3*1-19-10-11-23-24(32(19)28(33)34-4)12-13-25-27(23)29-26(16-22-8-6-5-7-9-22)31(25)15-14-30-17-20(2)35-21(3)18-30;1-15-8-9-17-18(25(15)22(27)28-2)10-11-19-21(17)23-20(24(19)12-13-26)14-16-6-4-3-5-7-16;1-5-3-7-4-6(2)8-5/h3*5-9,12-13,19-21H,10-11,14-18H2,1-4H3;3-7,10-11,13,15H,8-9,12,14H2,1-2H3;5-7H,3-4H2,1-2H3/t19-,20+,21+;19-,20-,21+;19-,20-,21-;15-;/m0000./s1. The molecule has 0 aliphatic carbocycles. The van der Waals surface area contributed by atoms with Gasteiger partial charge in [-0.1, -0.05) is 121 Å². The van der Waals surface area contributed by atoms with Gasteiger partial charge in [0.15, 0.2) is 0 Å². The maximum Gasteiger partial charge on any atom is 0.414 e. The molecule has 8 aromatic carbocycles. The smallest absolute Gasteiger partial charge is 0.414 e. The van der Waals surface area contributed by atoms with E-state index in [0.29, 0.717) is 18.6 Å². The molecule has 141 heavy (non-hydrogen) atoms. The Balaban J connectivity index is 0.000000132. The molecule has 0 spiro atoms. The molecule has 4 saturated heterocycles. The van der Waals surface area contributed by atoms with E-state index < -0.39 is 0 Å². The summed E-state index contributed by atoms with van der Waals surface area (Å²) < 4.78 is 52.6. The molecule has 750 valence electrons. The Kier molecular flexibility index (Phi) is 33.9. The molecule has 0 radical (unpaired) electrons. The highest BCUT2D eigenvalue weighted by molar-refractivity contribution is 5.99. The largest absolute Gasteiger partial charge is 0.452 e. The number of anilines is 4. The maximum atomic E-state index is 12.6. The predicted molar refractivity (Wildman–Crippen MR) is 555 cm³/mol. The number of benzene rings is 8. The molecule has 29 heteroatoms. The summed E-state index contributed by atoms with van der Waals surface area (Å²) in [6.07, 6.45) is 12.0. The Hall–Kier alpha value is -11.9. The Labute approximate surface area is 830 Å². The van der Waals surface area contributed by atoms with E-state index in [0.717, 1.165) is 287 Å². The zero-order valence-electron chi connectivity index (χ0n) is 85.3. The number of hydrogen-bond acceptors (Lipinski definition) is 21. The minimum atomic E-state index is -0.357. The lowest BCUT2D eigenvalue weighted by molar-refractivity contribution is -0.108. The van der Waals surface area contributed by atoms with E-state index in [1.54, 1.807) is 19.6 Å². The monoisotopic (exact) mass is 1920 g/mol. The van der Waals surface area contributed by atoms with Crippen LogP contribution in [0.15, 0.2) is 170 Å². The lowest BCUT2D eigenvalue weighted by Crippen LogP contribution is -2.46. The Morgan fingerprint density at radius 3 is 0.759 bits per heavy atom. The minimum absolute atomic E-state index is 0.0678. The number of methoxy groups -OCH3 is 4. The fourth-order valence-electron chi connectivity index (χ4n) is 22.2. The van der Waals surface area contributed by atoms with Gasteiger partial charge in [0.2, 0.25) is 0 Å². The predicted octanol–water partition coefficient (Wildman–Crippen LogP) is 18.0. The number of morpholine rings is 4. The van der Waals surface area contributed by atoms with Crippen LogP contribution in [0.2, 0.25) is 0 Å². The first kappa shape index (κ1) is 102. The highest BCUT2D eigenvalue weighted by atomic mass is 16.6. The molecule has 1 N–H and O–H groups in total. The van der Waals surface area contributed by atoms with Crippen LogP contribution in [0.3, 0.4) is 0 Å². The number of nitrogens with zero attached hydrogens (tertiary/aromatic N) is 15. The number of aldehydes is 1. The van der Waals surface area contributed by atoms with E-state index in [1.807, 2.05) is 60.0 Å².